The molecule has 1 aromatic rings. The van der Waals surface area contributed by atoms with E-state index in [9.17, 15) is 8.78 Å². The maximum Gasteiger partial charge on any atom is 0.266 e. The lowest BCUT2D eigenvalue weighted by molar-refractivity contribution is 0.145. The van der Waals surface area contributed by atoms with E-state index in [4.69, 9.17) is 5.11 Å². The van der Waals surface area contributed by atoms with Crippen molar-refractivity contribution in [2.45, 2.75) is 13.0 Å². The largest absolute Gasteiger partial charge is 0.392 e. The molecule has 1 N–H and O–H groups in total. The van der Waals surface area contributed by atoms with Gasteiger partial charge in [0, 0.05) is 0 Å². The molecule has 0 saturated carbocycles. The molecule has 0 spiro atoms. The molecular weight excluding hydrogens is 359 g/mol. The van der Waals surface area contributed by atoms with E-state index in [0.717, 1.165) is 0 Å². The van der Waals surface area contributed by atoms with Gasteiger partial charge < -0.3 is 5.11 Å². The van der Waals surface area contributed by atoms with Gasteiger partial charge in [-0.3, -0.25) is 0 Å². The molecule has 2 nitrogen and oxygen atoms in total. The summed E-state index contributed by atoms with van der Waals surface area (Å²) in [5.41, 5.74) is -0.0239. The first-order chi connectivity index (χ1) is 6.06. The number of aliphatic hydroxyl groups excluding tert-OH is 1. The molecule has 72 valence electrons. The van der Waals surface area contributed by atoms with Crippen molar-refractivity contribution in [3.05, 3.63) is 25.5 Å². The van der Waals surface area contributed by atoms with Crippen LogP contribution in [-0.4, -0.2) is 10.1 Å². The highest BCUT2D eigenvalue weighted by molar-refractivity contribution is 14.1. The van der Waals surface area contributed by atoms with Gasteiger partial charge in [0.15, 0.2) is 0 Å². The van der Waals surface area contributed by atoms with Crippen LogP contribution < -0.4 is 0 Å². The van der Waals surface area contributed by atoms with Gasteiger partial charge >= 0.3 is 0 Å². The van der Waals surface area contributed by atoms with E-state index < -0.39 is 13.0 Å². The Kier molecular flexibility index (Phi) is 3.99. The van der Waals surface area contributed by atoms with Gasteiger partial charge in [0.25, 0.3) is 6.43 Å². The minimum absolute atomic E-state index is 0.0958. The summed E-state index contributed by atoms with van der Waals surface area (Å²) in [5, 5.41) is 8.83. The number of aromatic nitrogens is 1. The first-order valence-electron chi connectivity index (χ1n) is 3.30. The second kappa shape index (κ2) is 4.61. The Balaban J connectivity index is 3.30. The molecule has 0 fully saturated rings. The summed E-state index contributed by atoms with van der Waals surface area (Å²) in [7, 11) is 0. The van der Waals surface area contributed by atoms with Crippen LogP contribution in [0.25, 0.3) is 0 Å². The van der Waals surface area contributed by atoms with E-state index in [0.29, 0.717) is 3.70 Å². The number of hydrogen-bond acceptors (Lipinski definition) is 2. The lowest BCUT2D eigenvalue weighted by Gasteiger charge is -2.08. The Hall–Kier alpha value is 0.180. The zero-order valence-corrected chi connectivity index (χ0v) is 10.0. The van der Waals surface area contributed by atoms with Crippen molar-refractivity contribution in [3.8, 4) is 0 Å². The molecule has 0 radical (unpaired) electrons. The van der Waals surface area contributed by atoms with E-state index in [1.165, 1.54) is 6.07 Å². The Morgan fingerprint density at radius 3 is 2.69 bits per heavy atom. The van der Waals surface area contributed by atoms with E-state index >= 15 is 0 Å². The fourth-order valence-corrected chi connectivity index (χ4v) is 2.47. The molecule has 13 heavy (non-hydrogen) atoms. The molecule has 1 aromatic heterocycles. The SMILES string of the molecule is OCc1cc(I)nc(Br)c1C(F)F. The Bertz CT molecular complexity index is 322. The molecule has 0 unspecified atom stereocenters. The highest BCUT2D eigenvalue weighted by atomic mass is 127. The third-order valence-electron chi connectivity index (χ3n) is 1.46. The molecule has 0 aliphatic heterocycles. The topological polar surface area (TPSA) is 33.1 Å². The molecule has 1 rings (SSSR count). The van der Waals surface area contributed by atoms with Crippen molar-refractivity contribution in [3.63, 3.8) is 0 Å². The molecular formula is C7H5BrF2INO. The molecule has 0 aromatic carbocycles. The van der Waals surface area contributed by atoms with Crippen LogP contribution in [0.5, 0.6) is 0 Å². The average Bonchev–Trinajstić information content (AvgIpc) is 2.01. The number of nitrogens with zero attached hydrogens (tertiary/aromatic N) is 1. The third-order valence-corrected chi connectivity index (χ3v) is 2.61. The van der Waals surface area contributed by atoms with Crippen LogP contribution >= 0.6 is 38.5 Å². The number of rotatable bonds is 2. The molecule has 1 heterocycles. The predicted molar refractivity (Wildman–Crippen MR) is 55.5 cm³/mol. The number of aliphatic hydroxyl groups is 1. The van der Waals surface area contributed by atoms with Gasteiger partial charge in [0.1, 0.15) is 8.30 Å². The first kappa shape index (κ1) is 11.3. The number of alkyl halides is 2. The summed E-state index contributed by atoms with van der Waals surface area (Å²) in [6.45, 7) is -0.406. The van der Waals surface area contributed by atoms with Crippen molar-refractivity contribution >= 4 is 38.5 Å². The van der Waals surface area contributed by atoms with Crippen LogP contribution in [0.15, 0.2) is 10.7 Å². The van der Waals surface area contributed by atoms with Gasteiger partial charge in [-0.05, 0) is 50.2 Å². The zero-order valence-electron chi connectivity index (χ0n) is 6.27. The smallest absolute Gasteiger partial charge is 0.266 e. The fourth-order valence-electron chi connectivity index (χ4n) is 0.901. The average molecular weight is 364 g/mol. The summed E-state index contributed by atoms with van der Waals surface area (Å²) in [4.78, 5) is 3.82. The standard InChI is InChI=1S/C7H5BrF2INO/c8-6-5(7(9)10)3(2-13)1-4(11)12-6/h1,7,13H,2H2. The number of halogens is 4. The predicted octanol–water partition coefficient (Wildman–Crippen LogP) is 2.88. The van der Waals surface area contributed by atoms with Gasteiger partial charge in [0.05, 0.1) is 12.2 Å². The van der Waals surface area contributed by atoms with Gasteiger partial charge in [-0.1, -0.05) is 0 Å². The van der Waals surface area contributed by atoms with Crippen LogP contribution in [-0.2, 0) is 6.61 Å². The molecule has 0 amide bonds. The van der Waals surface area contributed by atoms with Crippen LogP contribution in [0, 0.1) is 3.70 Å². The Morgan fingerprint density at radius 1 is 1.62 bits per heavy atom. The van der Waals surface area contributed by atoms with Crippen molar-refractivity contribution in [1.82, 2.24) is 4.98 Å². The van der Waals surface area contributed by atoms with E-state index in [1.807, 2.05) is 22.6 Å². The quantitative estimate of drug-likeness (QED) is 0.647. The molecule has 0 aliphatic rings. The second-order valence-electron chi connectivity index (χ2n) is 2.27. The lowest BCUT2D eigenvalue weighted by Crippen LogP contribution is -2.00. The Labute approximate surface area is 95.6 Å². The maximum atomic E-state index is 12.4. The summed E-state index contributed by atoms with van der Waals surface area (Å²) in [5.74, 6) is 0. The maximum absolute atomic E-state index is 12.4. The monoisotopic (exact) mass is 363 g/mol. The van der Waals surface area contributed by atoms with E-state index in [-0.39, 0.29) is 15.7 Å². The summed E-state index contributed by atoms with van der Waals surface area (Å²) in [6.07, 6.45) is -2.62. The van der Waals surface area contributed by atoms with E-state index in [1.54, 1.807) is 0 Å². The molecule has 0 saturated heterocycles. The highest BCUT2D eigenvalue weighted by Crippen LogP contribution is 2.30. The van der Waals surface area contributed by atoms with Crippen molar-refractivity contribution < 1.29 is 13.9 Å². The van der Waals surface area contributed by atoms with Crippen LogP contribution in [0.3, 0.4) is 0 Å². The second-order valence-corrected chi connectivity index (χ2v) is 4.12. The van der Waals surface area contributed by atoms with Gasteiger partial charge in [-0.25, -0.2) is 13.8 Å². The molecule has 6 heteroatoms. The van der Waals surface area contributed by atoms with Gasteiger partial charge in [-0.15, -0.1) is 0 Å². The van der Waals surface area contributed by atoms with Crippen LogP contribution in [0.1, 0.15) is 17.6 Å². The highest BCUT2D eigenvalue weighted by Gasteiger charge is 2.18. The van der Waals surface area contributed by atoms with E-state index in [2.05, 4.69) is 20.9 Å². The van der Waals surface area contributed by atoms with Crippen LogP contribution in [0.4, 0.5) is 8.78 Å². The minimum atomic E-state index is -2.62. The summed E-state index contributed by atoms with van der Waals surface area (Å²) < 4.78 is 25.5. The molecule has 0 bridgehead atoms. The first-order valence-corrected chi connectivity index (χ1v) is 5.17. The van der Waals surface area contributed by atoms with Crippen LogP contribution in [0.2, 0.25) is 0 Å². The van der Waals surface area contributed by atoms with Crippen molar-refractivity contribution in [1.29, 1.82) is 0 Å². The minimum Gasteiger partial charge on any atom is -0.392 e. The van der Waals surface area contributed by atoms with Gasteiger partial charge in [-0.2, -0.15) is 0 Å². The summed E-state index contributed by atoms with van der Waals surface area (Å²) >= 11 is 4.83. The zero-order chi connectivity index (χ0) is 10.0. The third kappa shape index (κ3) is 2.57. The molecule has 0 aliphatic carbocycles. The number of hydrogen-bond donors (Lipinski definition) is 1. The Morgan fingerprint density at radius 2 is 2.23 bits per heavy atom. The summed E-state index contributed by atoms with van der Waals surface area (Å²) in [6, 6.07) is 1.44. The lowest BCUT2D eigenvalue weighted by atomic mass is 10.1. The van der Waals surface area contributed by atoms with Gasteiger partial charge in [0.2, 0.25) is 0 Å². The number of pyridine rings is 1. The molecule has 0 atom stereocenters. The van der Waals surface area contributed by atoms with Crippen molar-refractivity contribution in [2.75, 3.05) is 0 Å². The normalized spacial score (nSPS) is 10.9. The van der Waals surface area contributed by atoms with Crippen molar-refractivity contribution in [2.24, 2.45) is 0 Å². The fraction of sp³-hybridized carbons (Fsp3) is 0.286.